The molecule has 14 heteroatoms. The van der Waals surface area contributed by atoms with Gasteiger partial charge in [-0.1, -0.05) is 62.4 Å². The van der Waals surface area contributed by atoms with Gasteiger partial charge in [0.25, 0.3) is 0 Å². The van der Waals surface area contributed by atoms with E-state index in [1.165, 1.54) is 11.8 Å². The molecular weight excluding hydrogens is 659 g/mol. The van der Waals surface area contributed by atoms with E-state index in [-0.39, 0.29) is 44.4 Å². The Bertz CT molecular complexity index is 1660. The van der Waals surface area contributed by atoms with Crippen LogP contribution >= 0.6 is 11.8 Å². The first-order chi connectivity index (χ1) is 23.9. The number of rotatable bonds is 12. The number of hydrogen-bond donors (Lipinski definition) is 7. The predicted octanol–water partition coefficient (Wildman–Crippen LogP) is 1.46. The fraction of sp³-hybridized carbons (Fsp3) is 0.444. The quantitative estimate of drug-likeness (QED) is 0.148. The van der Waals surface area contributed by atoms with Gasteiger partial charge < -0.3 is 37.3 Å². The van der Waals surface area contributed by atoms with Crippen LogP contribution in [0.4, 0.5) is 0 Å². The molecule has 0 saturated carbocycles. The molecule has 2 aromatic carbocycles. The normalized spacial score (nSPS) is 22.5. The second-order valence-corrected chi connectivity index (χ2v) is 14.0. The zero-order chi connectivity index (χ0) is 36.2. The van der Waals surface area contributed by atoms with Crippen LogP contribution in [0.3, 0.4) is 0 Å². The summed E-state index contributed by atoms with van der Waals surface area (Å²) in [6, 6.07) is 11.0. The molecule has 3 aromatic rings. The van der Waals surface area contributed by atoms with Gasteiger partial charge in [-0.3, -0.25) is 28.8 Å². The highest BCUT2D eigenvalue weighted by Crippen LogP contribution is 2.20. The molecule has 2 heterocycles. The molecule has 0 radical (unpaired) electrons. The number of nitrogens with two attached hydrogens (primary N) is 1. The van der Waals surface area contributed by atoms with E-state index < -0.39 is 65.7 Å². The molecule has 13 nitrogen and oxygen atoms in total. The van der Waals surface area contributed by atoms with Crippen LogP contribution in [-0.4, -0.2) is 82.6 Å². The van der Waals surface area contributed by atoms with Crippen molar-refractivity contribution in [2.24, 2.45) is 11.7 Å². The number of carbonyl (C=O) groups is 6. The summed E-state index contributed by atoms with van der Waals surface area (Å²) in [4.78, 5) is 84.5. The second kappa shape index (κ2) is 18.2. The minimum absolute atomic E-state index is 0.00525. The Labute approximate surface area is 296 Å². The number of primary amides is 1. The van der Waals surface area contributed by atoms with Crippen molar-refractivity contribution in [1.29, 1.82) is 0 Å². The number of carbonyl (C=O) groups excluding carboxylic acids is 6. The number of hydrogen-bond acceptors (Lipinski definition) is 7. The third kappa shape index (κ3) is 10.8. The van der Waals surface area contributed by atoms with Gasteiger partial charge in [-0.25, -0.2) is 0 Å². The second-order valence-electron chi connectivity index (χ2n) is 13.0. The Balaban J connectivity index is 1.78. The monoisotopic (exact) mass is 705 g/mol. The number of thioether (sulfide) groups is 1. The number of aromatic nitrogens is 1. The minimum atomic E-state index is -1.25. The summed E-state index contributed by atoms with van der Waals surface area (Å²) in [5.74, 6) is -3.31. The van der Waals surface area contributed by atoms with Crippen LogP contribution in [-0.2, 0) is 41.6 Å². The molecular formula is C36H47N7O6S. The zero-order valence-corrected chi connectivity index (χ0v) is 29.4. The summed E-state index contributed by atoms with van der Waals surface area (Å²) in [6.07, 6.45) is 3.93. The van der Waals surface area contributed by atoms with Gasteiger partial charge in [-0.15, -0.1) is 0 Å². The molecule has 1 aliphatic heterocycles. The molecule has 1 saturated heterocycles. The molecule has 0 spiro atoms. The summed E-state index contributed by atoms with van der Waals surface area (Å²) in [5.41, 5.74) is 7.76. The Morgan fingerprint density at radius 2 is 1.22 bits per heavy atom. The van der Waals surface area contributed by atoms with Crippen molar-refractivity contribution in [2.45, 2.75) is 82.6 Å². The Hall–Kier alpha value is -4.85. The summed E-state index contributed by atoms with van der Waals surface area (Å²) >= 11 is 1.48. The van der Waals surface area contributed by atoms with E-state index in [9.17, 15) is 28.8 Å². The fourth-order valence-electron chi connectivity index (χ4n) is 5.91. The molecule has 8 N–H and O–H groups in total. The highest BCUT2D eigenvalue weighted by molar-refractivity contribution is 7.98. The first-order valence-corrected chi connectivity index (χ1v) is 18.2. The van der Waals surface area contributed by atoms with Crippen LogP contribution in [0, 0.1) is 5.92 Å². The number of para-hydroxylation sites is 1. The smallest absolute Gasteiger partial charge is 0.243 e. The van der Waals surface area contributed by atoms with Crippen molar-refractivity contribution in [1.82, 2.24) is 31.6 Å². The molecule has 50 heavy (non-hydrogen) atoms. The topological polar surface area (TPSA) is 204 Å². The number of fused-ring (bicyclic) bond motifs is 1. The largest absolute Gasteiger partial charge is 0.370 e. The Kier molecular flexibility index (Phi) is 13.8. The van der Waals surface area contributed by atoms with Gasteiger partial charge in [0.1, 0.15) is 30.2 Å². The SMILES string of the molecule is CSCC[C@@H]1NC(=O)[C@H](CC(C)C)NC(=O)[C@H](Cc2ccccc2)NC(=O)[C@H](Cc2c[nH]c3ccccc23)NC(=O)[C@H](CCC(N)=O)NC1=O. The molecule has 1 fully saturated rings. The number of aromatic amines is 1. The minimum Gasteiger partial charge on any atom is -0.370 e. The van der Waals surface area contributed by atoms with Gasteiger partial charge in [-0.05, 0) is 54.4 Å². The van der Waals surface area contributed by atoms with E-state index >= 15 is 0 Å². The van der Waals surface area contributed by atoms with Crippen LogP contribution in [0.2, 0.25) is 0 Å². The van der Waals surface area contributed by atoms with Gasteiger partial charge in [-0.2, -0.15) is 11.8 Å². The molecule has 4 rings (SSSR count). The molecule has 5 atom stereocenters. The fourth-order valence-corrected chi connectivity index (χ4v) is 6.38. The molecule has 268 valence electrons. The molecule has 0 bridgehead atoms. The third-order valence-electron chi connectivity index (χ3n) is 8.54. The predicted molar refractivity (Wildman–Crippen MR) is 193 cm³/mol. The molecule has 1 aliphatic rings. The van der Waals surface area contributed by atoms with Crippen LogP contribution in [0.1, 0.15) is 50.7 Å². The Morgan fingerprint density at radius 1 is 0.700 bits per heavy atom. The van der Waals surface area contributed by atoms with Crippen LogP contribution < -0.4 is 32.3 Å². The zero-order valence-electron chi connectivity index (χ0n) is 28.6. The van der Waals surface area contributed by atoms with Gasteiger partial charge in [0.2, 0.25) is 35.4 Å². The first-order valence-electron chi connectivity index (χ1n) is 16.8. The van der Waals surface area contributed by atoms with Crippen molar-refractivity contribution in [3.8, 4) is 0 Å². The molecule has 1 aromatic heterocycles. The van der Waals surface area contributed by atoms with Crippen LogP contribution in [0.25, 0.3) is 10.9 Å². The summed E-state index contributed by atoms with van der Waals surface area (Å²) < 4.78 is 0. The van der Waals surface area contributed by atoms with E-state index in [0.717, 1.165) is 22.0 Å². The maximum atomic E-state index is 14.2. The molecule has 0 unspecified atom stereocenters. The van der Waals surface area contributed by atoms with Crippen molar-refractivity contribution in [3.05, 3.63) is 71.9 Å². The summed E-state index contributed by atoms with van der Waals surface area (Å²) in [6.45, 7) is 3.82. The lowest BCUT2D eigenvalue weighted by molar-refractivity contribution is -0.134. The standard InChI is InChI=1S/C36H47N7O6S/c1-21(2)17-28-34(47)40-27(15-16-50-3)33(46)39-26(13-14-31(37)44)32(45)43-30(19-23-20-38-25-12-8-7-11-24(23)25)36(49)42-29(35(48)41-28)18-22-9-5-4-6-10-22/h4-12,20-21,26-30,38H,13-19H2,1-3H3,(H2,37,44)(H,39,46)(H,40,47)(H,41,48)(H,42,49)(H,43,45)/t26-,27-,28-,29-,30-/m0/s1. The lowest BCUT2D eigenvalue weighted by atomic mass is 9.99. The highest BCUT2D eigenvalue weighted by atomic mass is 32.2. The van der Waals surface area contributed by atoms with Gasteiger partial charge >= 0.3 is 0 Å². The van der Waals surface area contributed by atoms with E-state index in [2.05, 4.69) is 31.6 Å². The first kappa shape index (κ1) is 38.0. The lowest BCUT2D eigenvalue weighted by Crippen LogP contribution is -2.58. The number of nitrogens with one attached hydrogen (secondary N) is 6. The van der Waals surface area contributed by atoms with E-state index in [1.807, 2.05) is 74.7 Å². The Morgan fingerprint density at radius 3 is 1.84 bits per heavy atom. The number of amides is 6. The molecule has 6 amide bonds. The lowest BCUT2D eigenvalue weighted by Gasteiger charge is -2.27. The van der Waals surface area contributed by atoms with Gasteiger partial charge in [0.15, 0.2) is 0 Å². The van der Waals surface area contributed by atoms with Crippen LogP contribution in [0.5, 0.6) is 0 Å². The third-order valence-corrected chi connectivity index (χ3v) is 9.19. The van der Waals surface area contributed by atoms with Gasteiger partial charge in [0.05, 0.1) is 0 Å². The summed E-state index contributed by atoms with van der Waals surface area (Å²) in [5, 5.41) is 14.8. The number of H-pyrrole nitrogens is 1. The summed E-state index contributed by atoms with van der Waals surface area (Å²) in [7, 11) is 0. The van der Waals surface area contributed by atoms with Crippen molar-refractivity contribution < 1.29 is 28.8 Å². The van der Waals surface area contributed by atoms with Crippen molar-refractivity contribution in [3.63, 3.8) is 0 Å². The highest BCUT2D eigenvalue weighted by Gasteiger charge is 2.35. The van der Waals surface area contributed by atoms with Crippen molar-refractivity contribution in [2.75, 3.05) is 12.0 Å². The van der Waals surface area contributed by atoms with Crippen molar-refractivity contribution >= 4 is 58.1 Å². The van der Waals surface area contributed by atoms with Crippen LogP contribution in [0.15, 0.2) is 60.8 Å². The average molecular weight is 706 g/mol. The maximum Gasteiger partial charge on any atom is 0.243 e. The van der Waals surface area contributed by atoms with Gasteiger partial charge in [0, 0.05) is 36.4 Å². The average Bonchev–Trinajstić information content (AvgIpc) is 3.49. The maximum absolute atomic E-state index is 14.2. The van der Waals surface area contributed by atoms with E-state index in [4.69, 9.17) is 5.73 Å². The number of benzene rings is 2. The molecule has 0 aliphatic carbocycles. The van der Waals surface area contributed by atoms with E-state index in [0.29, 0.717) is 5.75 Å². The van der Waals surface area contributed by atoms with E-state index in [1.54, 1.807) is 6.20 Å².